The first kappa shape index (κ1) is 56.6. The Hall–Kier alpha value is -1.37. The van der Waals surface area contributed by atoms with E-state index in [-0.39, 0.29) is 6.61 Å². The molecule has 0 aromatic heterocycles. The molecule has 1 rings (SSSR count). The molecular weight excluding hydrogens is 759 g/mol. The lowest BCUT2D eigenvalue weighted by atomic mass is 9.99. The quantitative estimate of drug-likeness (QED) is 0.0233. The van der Waals surface area contributed by atoms with Crippen molar-refractivity contribution in [1.29, 1.82) is 0 Å². The first-order valence-corrected chi connectivity index (χ1v) is 25.2. The number of carbonyl (C=O) groups excluding carboxylic acids is 1. The lowest BCUT2D eigenvalue weighted by Crippen LogP contribution is -2.60. The molecule has 1 aliphatic heterocycles. The van der Waals surface area contributed by atoms with Crippen molar-refractivity contribution in [1.82, 2.24) is 5.32 Å². The van der Waals surface area contributed by atoms with Gasteiger partial charge in [0.1, 0.15) is 30.5 Å². The fourth-order valence-corrected chi connectivity index (χ4v) is 7.98. The van der Waals surface area contributed by atoms with Crippen LogP contribution >= 0.6 is 0 Å². The van der Waals surface area contributed by atoms with Gasteiger partial charge in [0.25, 0.3) is 0 Å². The maximum absolute atomic E-state index is 13.0. The third-order valence-electron chi connectivity index (χ3n) is 12.1. The molecule has 8 atom stereocenters. The minimum Gasteiger partial charge on any atom is -0.394 e. The molecular formula is C50H95NO9. The van der Waals surface area contributed by atoms with Gasteiger partial charge in [-0.1, -0.05) is 205 Å². The Balaban J connectivity index is 2.28. The maximum atomic E-state index is 13.0. The monoisotopic (exact) mass is 854 g/mol. The zero-order chi connectivity index (χ0) is 43.9. The molecule has 0 aliphatic carbocycles. The van der Waals surface area contributed by atoms with Crippen LogP contribution in [0.3, 0.4) is 0 Å². The van der Waals surface area contributed by atoms with E-state index in [1.165, 1.54) is 161 Å². The summed E-state index contributed by atoms with van der Waals surface area (Å²) in [6.07, 6.45) is 38.5. The van der Waals surface area contributed by atoms with E-state index in [9.17, 15) is 35.4 Å². The summed E-state index contributed by atoms with van der Waals surface area (Å²) in [5.74, 6) is -0.619. The van der Waals surface area contributed by atoms with Crippen molar-refractivity contribution in [3.63, 3.8) is 0 Å². The van der Waals surface area contributed by atoms with Crippen LogP contribution in [0.25, 0.3) is 0 Å². The van der Waals surface area contributed by atoms with Gasteiger partial charge in [-0.2, -0.15) is 0 Å². The SMILES string of the molecule is CCCCCCCCCCC/C=C/C(O)C(COC1OC(CO)C(O)C(O)C1O)NC(=O)C(O)CCCCCCCCCC/C=C\CCCCCCCCCCCCCC. The second kappa shape index (κ2) is 40.4. The molecule has 354 valence electrons. The summed E-state index contributed by atoms with van der Waals surface area (Å²) in [6, 6.07) is -0.978. The minimum atomic E-state index is -1.61. The smallest absolute Gasteiger partial charge is 0.249 e. The van der Waals surface area contributed by atoms with Gasteiger partial charge in [-0.05, 0) is 44.9 Å². The molecule has 10 heteroatoms. The minimum absolute atomic E-state index is 0.305. The number of aliphatic hydroxyl groups is 6. The standard InChI is InChI=1S/C50H95NO9/c1-3-5-7-9-11-13-15-16-17-18-19-20-21-22-23-24-25-26-27-29-31-33-35-37-39-44(54)49(58)51-42(41-59-50-48(57)47(56)46(55)45(40-52)60-50)43(53)38-36-34-32-30-28-14-12-10-8-6-4-2/h22-23,36,38,42-48,50,52-57H,3-21,24-35,37,39-41H2,1-2H3,(H,51,58)/b23-22-,38-36+. The molecule has 1 saturated heterocycles. The average molecular weight is 854 g/mol. The highest BCUT2D eigenvalue weighted by atomic mass is 16.7. The molecule has 0 aromatic rings. The van der Waals surface area contributed by atoms with Crippen LogP contribution in [0.5, 0.6) is 0 Å². The Bertz CT molecular complexity index is 1010. The van der Waals surface area contributed by atoms with Crippen LogP contribution in [0.4, 0.5) is 0 Å². The fourth-order valence-electron chi connectivity index (χ4n) is 7.98. The van der Waals surface area contributed by atoms with Crippen molar-refractivity contribution in [2.24, 2.45) is 0 Å². The molecule has 1 aliphatic rings. The number of allylic oxidation sites excluding steroid dienone is 3. The highest BCUT2D eigenvalue weighted by Crippen LogP contribution is 2.23. The van der Waals surface area contributed by atoms with E-state index >= 15 is 0 Å². The van der Waals surface area contributed by atoms with E-state index in [1.54, 1.807) is 6.08 Å². The zero-order valence-corrected chi connectivity index (χ0v) is 38.6. The molecule has 7 N–H and O–H groups in total. The number of amides is 1. The van der Waals surface area contributed by atoms with E-state index in [0.29, 0.717) is 12.8 Å². The summed E-state index contributed by atoms with van der Waals surface area (Å²) < 4.78 is 11.1. The van der Waals surface area contributed by atoms with Gasteiger partial charge in [-0.3, -0.25) is 4.79 Å². The van der Waals surface area contributed by atoms with Crippen molar-refractivity contribution >= 4 is 5.91 Å². The number of unbranched alkanes of at least 4 members (excludes halogenated alkanes) is 29. The predicted octanol–water partition coefficient (Wildman–Crippen LogP) is 10.0. The van der Waals surface area contributed by atoms with Gasteiger partial charge in [0.05, 0.1) is 25.4 Å². The molecule has 10 nitrogen and oxygen atoms in total. The van der Waals surface area contributed by atoms with Crippen LogP contribution in [0, 0.1) is 0 Å². The van der Waals surface area contributed by atoms with E-state index in [4.69, 9.17) is 9.47 Å². The Morgan fingerprint density at radius 3 is 1.40 bits per heavy atom. The molecule has 1 fully saturated rings. The molecule has 1 amide bonds. The van der Waals surface area contributed by atoms with Crippen molar-refractivity contribution < 1.29 is 44.9 Å². The highest BCUT2D eigenvalue weighted by molar-refractivity contribution is 5.80. The molecule has 8 unspecified atom stereocenters. The number of hydrogen-bond acceptors (Lipinski definition) is 9. The highest BCUT2D eigenvalue weighted by Gasteiger charge is 2.44. The summed E-state index contributed by atoms with van der Waals surface area (Å²) in [5.41, 5.74) is 0. The molecule has 0 saturated carbocycles. The van der Waals surface area contributed by atoms with E-state index in [0.717, 1.165) is 38.5 Å². The van der Waals surface area contributed by atoms with Gasteiger partial charge >= 0.3 is 0 Å². The summed E-state index contributed by atoms with van der Waals surface area (Å²) in [5, 5.41) is 64.7. The van der Waals surface area contributed by atoms with Crippen molar-refractivity contribution in [3.8, 4) is 0 Å². The van der Waals surface area contributed by atoms with Crippen LogP contribution in [-0.2, 0) is 14.3 Å². The Kier molecular flexibility index (Phi) is 38.1. The maximum Gasteiger partial charge on any atom is 0.249 e. The molecule has 0 aromatic carbocycles. The largest absolute Gasteiger partial charge is 0.394 e. The van der Waals surface area contributed by atoms with Gasteiger partial charge in [0.15, 0.2) is 6.29 Å². The Morgan fingerprint density at radius 2 is 0.967 bits per heavy atom. The van der Waals surface area contributed by atoms with Gasteiger partial charge in [0.2, 0.25) is 5.91 Å². The summed E-state index contributed by atoms with van der Waals surface area (Å²) >= 11 is 0. The Morgan fingerprint density at radius 1 is 0.567 bits per heavy atom. The Labute approximate surface area is 367 Å². The number of nitrogens with one attached hydrogen (secondary N) is 1. The summed E-state index contributed by atoms with van der Waals surface area (Å²) in [4.78, 5) is 13.0. The van der Waals surface area contributed by atoms with Crippen molar-refractivity contribution in [2.45, 2.75) is 275 Å². The lowest BCUT2D eigenvalue weighted by molar-refractivity contribution is -0.302. The first-order chi connectivity index (χ1) is 29.3. The van der Waals surface area contributed by atoms with Crippen LogP contribution in [-0.4, -0.2) is 98.7 Å². The number of rotatable bonds is 42. The first-order valence-electron chi connectivity index (χ1n) is 25.2. The molecule has 1 heterocycles. The normalized spacial score (nSPS) is 21.2. The third kappa shape index (κ3) is 29.8. The van der Waals surface area contributed by atoms with Gasteiger partial charge in [0, 0.05) is 0 Å². The zero-order valence-electron chi connectivity index (χ0n) is 38.6. The summed E-state index contributed by atoms with van der Waals surface area (Å²) in [6.45, 7) is 3.60. The van der Waals surface area contributed by atoms with Gasteiger partial charge in [-0.25, -0.2) is 0 Å². The average Bonchev–Trinajstić information content (AvgIpc) is 3.25. The van der Waals surface area contributed by atoms with E-state index in [2.05, 4.69) is 31.3 Å². The van der Waals surface area contributed by atoms with E-state index in [1.807, 2.05) is 6.08 Å². The van der Waals surface area contributed by atoms with Crippen LogP contribution in [0.2, 0.25) is 0 Å². The van der Waals surface area contributed by atoms with Crippen LogP contribution in [0.1, 0.15) is 226 Å². The molecule has 0 bridgehead atoms. The second-order valence-corrected chi connectivity index (χ2v) is 17.8. The third-order valence-corrected chi connectivity index (χ3v) is 12.1. The number of hydrogen-bond donors (Lipinski definition) is 7. The van der Waals surface area contributed by atoms with Crippen LogP contribution < -0.4 is 5.32 Å². The van der Waals surface area contributed by atoms with Crippen molar-refractivity contribution in [2.75, 3.05) is 13.2 Å². The molecule has 0 spiro atoms. The molecule has 60 heavy (non-hydrogen) atoms. The van der Waals surface area contributed by atoms with E-state index < -0.39 is 61.5 Å². The predicted molar refractivity (Wildman–Crippen MR) is 246 cm³/mol. The van der Waals surface area contributed by atoms with Gasteiger partial charge in [-0.15, -0.1) is 0 Å². The topological polar surface area (TPSA) is 169 Å². The number of carbonyl (C=O) groups is 1. The van der Waals surface area contributed by atoms with Gasteiger partial charge < -0.3 is 45.4 Å². The fraction of sp³-hybridized carbons (Fsp3) is 0.900. The van der Waals surface area contributed by atoms with Crippen LogP contribution in [0.15, 0.2) is 24.3 Å². The second-order valence-electron chi connectivity index (χ2n) is 17.8. The number of ether oxygens (including phenoxy) is 2. The number of aliphatic hydroxyl groups excluding tert-OH is 6. The lowest BCUT2D eigenvalue weighted by Gasteiger charge is -2.40. The van der Waals surface area contributed by atoms with Crippen molar-refractivity contribution in [3.05, 3.63) is 24.3 Å². The molecule has 0 radical (unpaired) electrons. The summed E-state index contributed by atoms with van der Waals surface area (Å²) in [7, 11) is 0.